The second-order valence-corrected chi connectivity index (χ2v) is 9.26. The van der Waals surface area contributed by atoms with E-state index in [2.05, 4.69) is 42.9 Å². The van der Waals surface area contributed by atoms with Gasteiger partial charge in [-0.3, -0.25) is 0 Å². The SMILES string of the molecule is CCCCCCCCCCCc1cnc(-c2ccc(OCCCCC(C)C)cc2)nc1. The Bertz CT molecular complexity index is 679. The van der Waals surface area contributed by atoms with Crippen LogP contribution in [0.15, 0.2) is 36.7 Å². The molecule has 1 heterocycles. The summed E-state index contributed by atoms with van der Waals surface area (Å²) < 4.78 is 5.85. The Kier molecular flexibility index (Phi) is 13.0. The maximum Gasteiger partial charge on any atom is 0.159 e. The zero-order valence-electron chi connectivity index (χ0n) is 20.2. The minimum Gasteiger partial charge on any atom is -0.494 e. The van der Waals surface area contributed by atoms with Gasteiger partial charge in [-0.25, -0.2) is 9.97 Å². The summed E-state index contributed by atoms with van der Waals surface area (Å²) >= 11 is 0. The van der Waals surface area contributed by atoms with Crippen LogP contribution >= 0.6 is 0 Å². The molecule has 0 saturated carbocycles. The topological polar surface area (TPSA) is 35.0 Å². The first-order valence-electron chi connectivity index (χ1n) is 12.7. The molecule has 0 saturated heterocycles. The Morgan fingerprint density at radius 1 is 0.742 bits per heavy atom. The molecule has 0 spiro atoms. The van der Waals surface area contributed by atoms with E-state index in [1.807, 2.05) is 24.5 Å². The highest BCUT2D eigenvalue weighted by atomic mass is 16.5. The predicted molar refractivity (Wildman–Crippen MR) is 133 cm³/mol. The molecule has 0 aliphatic carbocycles. The van der Waals surface area contributed by atoms with Crippen LogP contribution in [0.4, 0.5) is 0 Å². The molecule has 0 fully saturated rings. The molecule has 1 aromatic heterocycles. The Morgan fingerprint density at radius 2 is 1.35 bits per heavy atom. The van der Waals surface area contributed by atoms with Gasteiger partial charge in [0.2, 0.25) is 0 Å². The fourth-order valence-corrected chi connectivity index (χ4v) is 3.82. The van der Waals surface area contributed by atoms with Crippen LogP contribution in [0.2, 0.25) is 0 Å². The molecule has 0 N–H and O–H groups in total. The second kappa shape index (κ2) is 15.8. The van der Waals surface area contributed by atoms with Crippen LogP contribution in [-0.4, -0.2) is 16.6 Å². The van der Waals surface area contributed by atoms with Crippen LogP contribution < -0.4 is 4.74 Å². The molecule has 2 aromatic rings. The average Bonchev–Trinajstić information content (AvgIpc) is 2.78. The van der Waals surface area contributed by atoms with E-state index in [4.69, 9.17) is 4.74 Å². The number of ether oxygens (including phenoxy) is 1. The third kappa shape index (κ3) is 11.3. The lowest BCUT2D eigenvalue weighted by atomic mass is 10.1. The number of rotatable bonds is 17. The average molecular weight is 425 g/mol. The molecule has 1 aromatic carbocycles. The number of hydrogen-bond donors (Lipinski definition) is 0. The Hall–Kier alpha value is -1.90. The van der Waals surface area contributed by atoms with Crippen molar-refractivity contribution < 1.29 is 4.74 Å². The molecule has 3 heteroatoms. The monoisotopic (exact) mass is 424 g/mol. The minimum absolute atomic E-state index is 0.774. The second-order valence-electron chi connectivity index (χ2n) is 9.26. The van der Waals surface area contributed by atoms with Gasteiger partial charge in [0.15, 0.2) is 5.82 Å². The normalized spacial score (nSPS) is 11.2. The zero-order valence-corrected chi connectivity index (χ0v) is 20.2. The van der Waals surface area contributed by atoms with E-state index in [1.54, 1.807) is 0 Å². The van der Waals surface area contributed by atoms with Crippen molar-refractivity contribution in [3.8, 4) is 17.1 Å². The largest absolute Gasteiger partial charge is 0.494 e. The van der Waals surface area contributed by atoms with Gasteiger partial charge in [0.25, 0.3) is 0 Å². The summed E-state index contributed by atoms with van der Waals surface area (Å²) in [6.07, 6.45) is 20.9. The van der Waals surface area contributed by atoms with Gasteiger partial charge >= 0.3 is 0 Å². The Labute approximate surface area is 191 Å². The molecular weight excluding hydrogens is 380 g/mol. The van der Waals surface area contributed by atoms with E-state index in [9.17, 15) is 0 Å². The van der Waals surface area contributed by atoms with E-state index in [0.29, 0.717) is 0 Å². The highest BCUT2D eigenvalue weighted by molar-refractivity contribution is 5.55. The predicted octanol–water partition coefficient (Wildman–Crippen LogP) is 8.42. The number of unbranched alkanes of at least 4 members (excludes halogenated alkanes) is 9. The van der Waals surface area contributed by atoms with Crippen molar-refractivity contribution in [1.29, 1.82) is 0 Å². The first-order chi connectivity index (χ1) is 15.2. The van der Waals surface area contributed by atoms with E-state index in [0.717, 1.165) is 42.5 Å². The highest BCUT2D eigenvalue weighted by Crippen LogP contribution is 2.20. The summed E-state index contributed by atoms with van der Waals surface area (Å²) in [7, 11) is 0. The first-order valence-corrected chi connectivity index (χ1v) is 12.7. The third-order valence-corrected chi connectivity index (χ3v) is 5.83. The van der Waals surface area contributed by atoms with Gasteiger partial charge < -0.3 is 4.74 Å². The lowest BCUT2D eigenvalue weighted by molar-refractivity contribution is 0.301. The number of hydrogen-bond acceptors (Lipinski definition) is 3. The van der Waals surface area contributed by atoms with E-state index >= 15 is 0 Å². The molecule has 0 amide bonds. The maximum absolute atomic E-state index is 5.85. The van der Waals surface area contributed by atoms with Crippen molar-refractivity contribution >= 4 is 0 Å². The fraction of sp³-hybridized carbons (Fsp3) is 0.643. The molecular formula is C28H44N2O. The summed E-state index contributed by atoms with van der Waals surface area (Å²) in [4.78, 5) is 9.17. The lowest BCUT2D eigenvalue weighted by Crippen LogP contribution is -1.98. The van der Waals surface area contributed by atoms with Crippen LogP contribution in [0.5, 0.6) is 5.75 Å². The van der Waals surface area contributed by atoms with E-state index in [-0.39, 0.29) is 0 Å². The smallest absolute Gasteiger partial charge is 0.159 e. The molecule has 0 aliphatic heterocycles. The standard InChI is InChI=1S/C28H44N2O/c1-4-5-6-7-8-9-10-11-12-16-25-22-29-28(30-23-25)26-17-19-27(20-18-26)31-21-14-13-15-24(2)3/h17-20,22-24H,4-16,21H2,1-3H3. The van der Waals surface area contributed by atoms with Crippen molar-refractivity contribution in [2.75, 3.05) is 6.61 Å². The third-order valence-electron chi connectivity index (χ3n) is 5.83. The first kappa shape index (κ1) is 25.4. The molecule has 31 heavy (non-hydrogen) atoms. The van der Waals surface area contributed by atoms with Crippen molar-refractivity contribution in [3.05, 3.63) is 42.2 Å². The molecule has 0 aliphatic rings. The molecule has 0 atom stereocenters. The van der Waals surface area contributed by atoms with Gasteiger partial charge in [-0.05, 0) is 61.4 Å². The van der Waals surface area contributed by atoms with E-state index in [1.165, 1.54) is 76.2 Å². The van der Waals surface area contributed by atoms with Gasteiger partial charge in [-0.1, -0.05) is 78.6 Å². The lowest BCUT2D eigenvalue weighted by Gasteiger charge is -2.08. The number of aryl methyl sites for hydroxylation is 1. The van der Waals surface area contributed by atoms with Crippen molar-refractivity contribution in [3.63, 3.8) is 0 Å². The van der Waals surface area contributed by atoms with Gasteiger partial charge in [0.05, 0.1) is 6.61 Å². The van der Waals surface area contributed by atoms with Crippen molar-refractivity contribution in [2.45, 2.75) is 104 Å². The Morgan fingerprint density at radius 3 is 1.97 bits per heavy atom. The van der Waals surface area contributed by atoms with Crippen LogP contribution in [-0.2, 0) is 6.42 Å². The summed E-state index contributed by atoms with van der Waals surface area (Å²) in [5, 5.41) is 0. The van der Waals surface area contributed by atoms with Gasteiger partial charge in [-0.2, -0.15) is 0 Å². The number of benzene rings is 1. The zero-order chi connectivity index (χ0) is 22.2. The van der Waals surface area contributed by atoms with Gasteiger partial charge in [0.1, 0.15) is 5.75 Å². The molecule has 0 bridgehead atoms. The minimum atomic E-state index is 0.774. The van der Waals surface area contributed by atoms with E-state index < -0.39 is 0 Å². The molecule has 0 radical (unpaired) electrons. The molecule has 2 rings (SSSR count). The van der Waals surface area contributed by atoms with Crippen molar-refractivity contribution in [1.82, 2.24) is 9.97 Å². The number of aromatic nitrogens is 2. The molecule has 172 valence electrons. The van der Waals surface area contributed by atoms with Crippen LogP contribution in [0.1, 0.15) is 103 Å². The quantitative estimate of drug-likeness (QED) is 0.239. The van der Waals surface area contributed by atoms with Gasteiger partial charge in [0, 0.05) is 18.0 Å². The summed E-state index contributed by atoms with van der Waals surface area (Å²) in [6.45, 7) is 7.60. The number of nitrogens with zero attached hydrogens (tertiary/aromatic N) is 2. The maximum atomic E-state index is 5.85. The molecule has 0 unspecified atom stereocenters. The summed E-state index contributed by atoms with van der Waals surface area (Å²) in [6, 6.07) is 8.16. The van der Waals surface area contributed by atoms with Gasteiger partial charge in [-0.15, -0.1) is 0 Å². The summed E-state index contributed by atoms with van der Waals surface area (Å²) in [5.74, 6) is 2.49. The van der Waals surface area contributed by atoms with Crippen LogP contribution in [0.3, 0.4) is 0 Å². The fourth-order valence-electron chi connectivity index (χ4n) is 3.82. The van der Waals surface area contributed by atoms with Crippen molar-refractivity contribution in [2.24, 2.45) is 5.92 Å². The summed E-state index contributed by atoms with van der Waals surface area (Å²) in [5.41, 5.74) is 2.29. The van der Waals surface area contributed by atoms with Crippen LogP contribution in [0.25, 0.3) is 11.4 Å². The molecule has 3 nitrogen and oxygen atoms in total. The Balaban J connectivity index is 1.63. The van der Waals surface area contributed by atoms with Crippen LogP contribution in [0, 0.1) is 5.92 Å². The highest BCUT2D eigenvalue weighted by Gasteiger charge is 2.03.